The summed E-state index contributed by atoms with van der Waals surface area (Å²) in [4.78, 5) is 2.44. The van der Waals surface area contributed by atoms with Crippen molar-refractivity contribution in [3.05, 3.63) is 0 Å². The van der Waals surface area contributed by atoms with E-state index < -0.39 is 0 Å². The third-order valence-electron chi connectivity index (χ3n) is 2.24. The summed E-state index contributed by atoms with van der Waals surface area (Å²) in [6, 6.07) is 0. The lowest BCUT2D eigenvalue weighted by Gasteiger charge is -2.42. The van der Waals surface area contributed by atoms with Crippen LogP contribution in [0.3, 0.4) is 0 Å². The molecule has 2 heteroatoms. The van der Waals surface area contributed by atoms with Gasteiger partial charge in [0.2, 0.25) is 0 Å². The van der Waals surface area contributed by atoms with E-state index >= 15 is 0 Å². The Labute approximate surface area is 69.8 Å². The highest BCUT2D eigenvalue weighted by Crippen LogP contribution is 2.19. The Morgan fingerprint density at radius 1 is 1.45 bits per heavy atom. The van der Waals surface area contributed by atoms with Crippen LogP contribution in [0.15, 0.2) is 0 Å². The predicted molar refractivity (Wildman–Crippen MR) is 48.5 cm³/mol. The second-order valence-electron chi connectivity index (χ2n) is 4.46. The summed E-state index contributed by atoms with van der Waals surface area (Å²) >= 11 is 0. The summed E-state index contributed by atoms with van der Waals surface area (Å²) in [5, 5.41) is 0. The first-order valence-electron chi connectivity index (χ1n) is 4.52. The van der Waals surface area contributed by atoms with E-state index in [0.29, 0.717) is 0 Å². The van der Waals surface area contributed by atoms with Crippen LogP contribution in [0.4, 0.5) is 0 Å². The minimum absolute atomic E-state index is 0.0152. The maximum Gasteiger partial charge on any atom is 0.0226 e. The molecule has 0 spiro atoms. The molecule has 0 saturated carbocycles. The molecule has 0 unspecified atom stereocenters. The molecule has 0 radical (unpaired) electrons. The molecule has 2 N–H and O–H groups in total. The van der Waals surface area contributed by atoms with E-state index in [9.17, 15) is 0 Å². The second kappa shape index (κ2) is 3.11. The monoisotopic (exact) mass is 156 g/mol. The molecular weight excluding hydrogens is 136 g/mol. The molecule has 1 fully saturated rings. The van der Waals surface area contributed by atoms with Crippen LogP contribution in [0.1, 0.15) is 27.2 Å². The lowest BCUT2D eigenvalue weighted by molar-refractivity contribution is 0.0779. The summed E-state index contributed by atoms with van der Waals surface area (Å²) < 4.78 is 0. The summed E-state index contributed by atoms with van der Waals surface area (Å²) in [5.41, 5.74) is 5.88. The van der Waals surface area contributed by atoms with Crippen molar-refractivity contribution in [2.45, 2.75) is 32.7 Å². The van der Waals surface area contributed by atoms with Gasteiger partial charge in [0.25, 0.3) is 0 Å². The molecule has 0 aliphatic carbocycles. The fraction of sp³-hybridized carbons (Fsp3) is 1.00. The summed E-state index contributed by atoms with van der Waals surface area (Å²) in [6.45, 7) is 10.0. The van der Waals surface area contributed by atoms with E-state index in [1.807, 2.05) is 0 Å². The molecule has 2 nitrogen and oxygen atoms in total. The van der Waals surface area contributed by atoms with Crippen molar-refractivity contribution in [2.75, 3.05) is 19.6 Å². The van der Waals surface area contributed by atoms with Gasteiger partial charge < -0.3 is 10.6 Å². The number of likely N-dealkylation sites (tertiary alicyclic amines) is 1. The molecule has 1 heterocycles. The average Bonchev–Trinajstić information content (AvgIpc) is 1.75. The molecule has 1 aliphatic heterocycles. The molecule has 1 aliphatic rings. The molecule has 1 rings (SSSR count). The van der Waals surface area contributed by atoms with Gasteiger partial charge in [-0.2, -0.15) is 0 Å². The zero-order chi connectivity index (χ0) is 8.48. The van der Waals surface area contributed by atoms with Crippen molar-refractivity contribution in [2.24, 2.45) is 11.7 Å². The van der Waals surface area contributed by atoms with Crippen molar-refractivity contribution in [1.82, 2.24) is 4.90 Å². The standard InChI is InChI=1S/C9H20N2/c1-4-8-5-11(6-8)7-9(2,3)10/h8H,4-7,10H2,1-3H3. The van der Waals surface area contributed by atoms with E-state index in [2.05, 4.69) is 25.7 Å². The maximum absolute atomic E-state index is 5.89. The first kappa shape index (κ1) is 9.01. The Balaban J connectivity index is 2.14. The Hall–Kier alpha value is -0.0800. The van der Waals surface area contributed by atoms with E-state index in [0.717, 1.165) is 12.5 Å². The van der Waals surface area contributed by atoms with Gasteiger partial charge in [-0.3, -0.25) is 0 Å². The number of hydrogen-bond acceptors (Lipinski definition) is 2. The normalized spacial score (nSPS) is 21.8. The first-order valence-corrected chi connectivity index (χ1v) is 4.52. The van der Waals surface area contributed by atoms with Gasteiger partial charge in [0.1, 0.15) is 0 Å². The molecule has 0 amide bonds. The number of nitrogens with zero attached hydrogens (tertiary/aromatic N) is 1. The molecule has 1 saturated heterocycles. The molecule has 0 atom stereocenters. The molecule has 0 aromatic heterocycles. The average molecular weight is 156 g/mol. The minimum atomic E-state index is -0.0152. The first-order chi connectivity index (χ1) is 5.01. The second-order valence-corrected chi connectivity index (χ2v) is 4.46. The van der Waals surface area contributed by atoms with Crippen molar-refractivity contribution >= 4 is 0 Å². The lowest BCUT2D eigenvalue weighted by Crippen LogP contribution is -2.54. The Bertz CT molecular complexity index is 120. The van der Waals surface area contributed by atoms with Gasteiger partial charge in [-0.15, -0.1) is 0 Å². The zero-order valence-electron chi connectivity index (χ0n) is 7.93. The van der Waals surface area contributed by atoms with E-state index in [1.165, 1.54) is 19.5 Å². The van der Waals surface area contributed by atoms with Crippen LogP contribution in [0.2, 0.25) is 0 Å². The van der Waals surface area contributed by atoms with Crippen LogP contribution in [0.5, 0.6) is 0 Å². The van der Waals surface area contributed by atoms with Crippen molar-refractivity contribution in [1.29, 1.82) is 0 Å². The van der Waals surface area contributed by atoms with Crippen molar-refractivity contribution in [3.8, 4) is 0 Å². The van der Waals surface area contributed by atoms with Crippen molar-refractivity contribution in [3.63, 3.8) is 0 Å². The van der Waals surface area contributed by atoms with Crippen LogP contribution in [0.25, 0.3) is 0 Å². The van der Waals surface area contributed by atoms with E-state index in [1.54, 1.807) is 0 Å². The molecule has 0 aromatic carbocycles. The molecule has 66 valence electrons. The lowest BCUT2D eigenvalue weighted by atomic mass is 9.94. The topological polar surface area (TPSA) is 29.3 Å². The SMILES string of the molecule is CCC1CN(CC(C)(C)N)C1. The number of hydrogen-bond donors (Lipinski definition) is 1. The Morgan fingerprint density at radius 3 is 2.36 bits per heavy atom. The smallest absolute Gasteiger partial charge is 0.0226 e. The van der Waals surface area contributed by atoms with Crippen LogP contribution in [-0.2, 0) is 0 Å². The largest absolute Gasteiger partial charge is 0.324 e. The van der Waals surface area contributed by atoms with Crippen LogP contribution in [0, 0.1) is 5.92 Å². The zero-order valence-corrected chi connectivity index (χ0v) is 7.93. The van der Waals surface area contributed by atoms with Gasteiger partial charge in [-0.1, -0.05) is 13.3 Å². The highest BCUT2D eigenvalue weighted by atomic mass is 15.2. The number of nitrogens with two attached hydrogens (primary N) is 1. The number of rotatable bonds is 3. The van der Waals surface area contributed by atoms with Crippen LogP contribution < -0.4 is 5.73 Å². The highest BCUT2D eigenvalue weighted by Gasteiger charge is 2.28. The summed E-state index contributed by atoms with van der Waals surface area (Å²) in [6.07, 6.45) is 1.32. The predicted octanol–water partition coefficient (Wildman–Crippen LogP) is 1.07. The quantitative estimate of drug-likeness (QED) is 0.662. The molecular formula is C9H20N2. The van der Waals surface area contributed by atoms with E-state index in [4.69, 9.17) is 5.73 Å². The van der Waals surface area contributed by atoms with Gasteiger partial charge in [-0.25, -0.2) is 0 Å². The van der Waals surface area contributed by atoms with Gasteiger partial charge in [0.05, 0.1) is 0 Å². The molecule has 0 bridgehead atoms. The minimum Gasteiger partial charge on any atom is -0.324 e. The molecule has 11 heavy (non-hydrogen) atoms. The fourth-order valence-corrected chi connectivity index (χ4v) is 1.64. The van der Waals surface area contributed by atoms with Gasteiger partial charge in [0, 0.05) is 25.2 Å². The Kier molecular flexibility index (Phi) is 2.55. The third kappa shape index (κ3) is 2.80. The van der Waals surface area contributed by atoms with E-state index in [-0.39, 0.29) is 5.54 Å². The summed E-state index contributed by atoms with van der Waals surface area (Å²) in [7, 11) is 0. The molecule has 0 aromatic rings. The van der Waals surface area contributed by atoms with Gasteiger partial charge in [0.15, 0.2) is 0 Å². The van der Waals surface area contributed by atoms with Crippen LogP contribution in [-0.4, -0.2) is 30.1 Å². The summed E-state index contributed by atoms with van der Waals surface area (Å²) in [5.74, 6) is 0.942. The van der Waals surface area contributed by atoms with Gasteiger partial charge in [-0.05, 0) is 19.8 Å². The maximum atomic E-state index is 5.89. The van der Waals surface area contributed by atoms with Crippen LogP contribution >= 0.6 is 0 Å². The third-order valence-corrected chi connectivity index (χ3v) is 2.24. The fourth-order valence-electron chi connectivity index (χ4n) is 1.64. The Morgan fingerprint density at radius 2 is 2.00 bits per heavy atom. The highest BCUT2D eigenvalue weighted by molar-refractivity contribution is 4.85. The van der Waals surface area contributed by atoms with Gasteiger partial charge >= 0.3 is 0 Å². The van der Waals surface area contributed by atoms with Crippen molar-refractivity contribution < 1.29 is 0 Å².